The highest BCUT2D eigenvalue weighted by molar-refractivity contribution is 5.95. The molecule has 0 aliphatic heterocycles. The van der Waals surface area contributed by atoms with Crippen LogP contribution in [0.2, 0.25) is 0 Å². The van der Waals surface area contributed by atoms with E-state index in [0.717, 1.165) is 24.9 Å². The smallest absolute Gasteiger partial charge is 0.253 e. The van der Waals surface area contributed by atoms with Crippen LogP contribution < -0.4 is 5.32 Å². The molecule has 6 heteroatoms. The minimum atomic E-state index is -0.287. The number of amides is 1. The summed E-state index contributed by atoms with van der Waals surface area (Å²) in [5.41, 5.74) is 1.40. The highest BCUT2D eigenvalue weighted by atomic mass is 16.3. The van der Waals surface area contributed by atoms with Crippen molar-refractivity contribution in [1.82, 2.24) is 14.9 Å². The molecule has 2 unspecified atom stereocenters. The zero-order valence-electron chi connectivity index (χ0n) is 13.7. The van der Waals surface area contributed by atoms with Gasteiger partial charge in [0.2, 0.25) is 0 Å². The van der Waals surface area contributed by atoms with Gasteiger partial charge in [-0.2, -0.15) is 0 Å². The average molecular weight is 326 g/mol. The first-order valence-corrected chi connectivity index (χ1v) is 8.20. The van der Waals surface area contributed by atoms with Crippen LogP contribution in [0.25, 0.3) is 0 Å². The number of carbonyl (C=O) groups is 1. The van der Waals surface area contributed by atoms with E-state index in [1.165, 1.54) is 0 Å². The molecule has 1 amide bonds. The minimum Gasteiger partial charge on any atom is -0.393 e. The molecular weight excluding hydrogens is 304 g/mol. The third-order valence-electron chi connectivity index (χ3n) is 4.42. The third kappa shape index (κ3) is 3.89. The number of nitrogens with zero attached hydrogens (tertiary/aromatic N) is 3. The summed E-state index contributed by atoms with van der Waals surface area (Å²) >= 11 is 0. The molecular formula is C18H22N4O2. The second-order valence-corrected chi connectivity index (χ2v) is 6.24. The fourth-order valence-electron chi connectivity index (χ4n) is 3.13. The van der Waals surface area contributed by atoms with Crippen molar-refractivity contribution >= 4 is 17.4 Å². The zero-order valence-corrected chi connectivity index (χ0v) is 13.7. The van der Waals surface area contributed by atoms with Gasteiger partial charge in [0.1, 0.15) is 5.82 Å². The quantitative estimate of drug-likeness (QED) is 0.882. The molecule has 1 heterocycles. The molecule has 1 aromatic heterocycles. The molecule has 0 spiro atoms. The van der Waals surface area contributed by atoms with Crippen molar-refractivity contribution in [2.24, 2.45) is 5.92 Å². The fourth-order valence-corrected chi connectivity index (χ4v) is 3.13. The molecule has 0 saturated heterocycles. The van der Waals surface area contributed by atoms with E-state index >= 15 is 0 Å². The fraction of sp³-hybridized carbons (Fsp3) is 0.389. The van der Waals surface area contributed by atoms with Crippen LogP contribution in [0.1, 0.15) is 29.6 Å². The summed E-state index contributed by atoms with van der Waals surface area (Å²) in [6, 6.07) is 7.32. The molecule has 1 fully saturated rings. The Labute approximate surface area is 141 Å². The Kier molecular flexibility index (Phi) is 5.05. The summed E-state index contributed by atoms with van der Waals surface area (Å²) in [6.45, 7) is 0.585. The van der Waals surface area contributed by atoms with Crippen LogP contribution in [0, 0.1) is 5.92 Å². The highest BCUT2D eigenvalue weighted by Crippen LogP contribution is 2.26. The predicted molar refractivity (Wildman–Crippen MR) is 92.1 cm³/mol. The summed E-state index contributed by atoms with van der Waals surface area (Å²) in [6.07, 6.45) is 7.41. The van der Waals surface area contributed by atoms with Crippen LogP contribution in [0.5, 0.6) is 0 Å². The summed E-state index contributed by atoms with van der Waals surface area (Å²) < 4.78 is 0. The summed E-state index contributed by atoms with van der Waals surface area (Å²) in [7, 11) is 1.79. The number of benzene rings is 1. The van der Waals surface area contributed by atoms with Gasteiger partial charge in [0, 0.05) is 43.2 Å². The molecule has 1 aliphatic carbocycles. The number of hydrogen-bond acceptors (Lipinski definition) is 5. The second kappa shape index (κ2) is 7.40. The Hall–Kier alpha value is -2.47. The molecule has 2 atom stereocenters. The third-order valence-corrected chi connectivity index (χ3v) is 4.42. The van der Waals surface area contributed by atoms with Gasteiger partial charge in [0.25, 0.3) is 5.91 Å². The monoisotopic (exact) mass is 326 g/mol. The van der Waals surface area contributed by atoms with Gasteiger partial charge in [-0.25, -0.2) is 4.98 Å². The number of nitrogens with one attached hydrogen (secondary N) is 1. The Morgan fingerprint density at radius 3 is 2.96 bits per heavy atom. The van der Waals surface area contributed by atoms with Gasteiger partial charge in [-0.05, 0) is 31.0 Å². The Balaban J connectivity index is 1.67. The van der Waals surface area contributed by atoms with Crippen LogP contribution in [0.3, 0.4) is 0 Å². The molecule has 126 valence electrons. The van der Waals surface area contributed by atoms with Crippen molar-refractivity contribution in [3.8, 4) is 0 Å². The van der Waals surface area contributed by atoms with E-state index in [-0.39, 0.29) is 17.9 Å². The normalized spacial score (nSPS) is 19.9. The maximum atomic E-state index is 12.6. The number of aromatic nitrogens is 2. The topological polar surface area (TPSA) is 78.4 Å². The molecule has 1 aliphatic rings. The maximum Gasteiger partial charge on any atom is 0.253 e. The molecule has 2 aromatic rings. The number of hydrogen-bond donors (Lipinski definition) is 2. The van der Waals surface area contributed by atoms with Crippen LogP contribution in [-0.2, 0) is 0 Å². The summed E-state index contributed by atoms with van der Waals surface area (Å²) in [5, 5.41) is 13.1. The van der Waals surface area contributed by atoms with E-state index in [9.17, 15) is 9.90 Å². The van der Waals surface area contributed by atoms with Gasteiger partial charge in [-0.15, -0.1) is 0 Å². The number of anilines is 2. The molecule has 24 heavy (non-hydrogen) atoms. The second-order valence-electron chi connectivity index (χ2n) is 6.24. The highest BCUT2D eigenvalue weighted by Gasteiger charge is 2.27. The van der Waals surface area contributed by atoms with Crippen LogP contribution in [-0.4, -0.2) is 45.6 Å². The first kappa shape index (κ1) is 16.4. The van der Waals surface area contributed by atoms with E-state index < -0.39 is 0 Å². The standard InChI is InChI=1S/C18H22N4O2/c1-22(12-14-5-3-7-16(14)23)18(24)13-4-2-6-15(10-13)21-17-11-19-8-9-20-17/h2,4,6,8-11,14,16,23H,3,5,7,12H2,1H3,(H,20,21). The molecule has 1 saturated carbocycles. The molecule has 2 N–H and O–H groups in total. The van der Waals surface area contributed by atoms with Crippen molar-refractivity contribution in [3.05, 3.63) is 48.4 Å². The molecule has 0 bridgehead atoms. The van der Waals surface area contributed by atoms with E-state index in [1.807, 2.05) is 12.1 Å². The predicted octanol–water partition coefficient (Wildman–Crippen LogP) is 2.45. The van der Waals surface area contributed by atoms with Crippen molar-refractivity contribution in [2.75, 3.05) is 18.9 Å². The molecule has 3 rings (SSSR count). The van der Waals surface area contributed by atoms with E-state index in [1.54, 1.807) is 42.7 Å². The Morgan fingerprint density at radius 2 is 2.25 bits per heavy atom. The van der Waals surface area contributed by atoms with Gasteiger partial charge >= 0.3 is 0 Å². The van der Waals surface area contributed by atoms with Crippen LogP contribution in [0.4, 0.5) is 11.5 Å². The lowest BCUT2D eigenvalue weighted by Crippen LogP contribution is -2.34. The number of carbonyl (C=O) groups excluding carboxylic acids is 1. The first-order chi connectivity index (χ1) is 11.6. The van der Waals surface area contributed by atoms with Crippen molar-refractivity contribution < 1.29 is 9.90 Å². The SMILES string of the molecule is CN(CC1CCCC1O)C(=O)c1cccc(Nc2cnccn2)c1. The van der Waals surface area contributed by atoms with E-state index in [0.29, 0.717) is 17.9 Å². The first-order valence-electron chi connectivity index (χ1n) is 8.20. The molecule has 1 aromatic carbocycles. The van der Waals surface area contributed by atoms with Gasteiger partial charge in [-0.1, -0.05) is 12.5 Å². The van der Waals surface area contributed by atoms with E-state index in [4.69, 9.17) is 0 Å². The van der Waals surface area contributed by atoms with E-state index in [2.05, 4.69) is 15.3 Å². The maximum absolute atomic E-state index is 12.6. The lowest BCUT2D eigenvalue weighted by molar-refractivity contribution is 0.0693. The number of aliphatic hydroxyl groups excluding tert-OH is 1. The van der Waals surface area contributed by atoms with Crippen LogP contribution >= 0.6 is 0 Å². The lowest BCUT2D eigenvalue weighted by atomic mass is 10.1. The Morgan fingerprint density at radius 1 is 1.38 bits per heavy atom. The lowest BCUT2D eigenvalue weighted by Gasteiger charge is -2.23. The van der Waals surface area contributed by atoms with Crippen molar-refractivity contribution in [3.63, 3.8) is 0 Å². The van der Waals surface area contributed by atoms with Gasteiger partial charge in [0.05, 0.1) is 12.3 Å². The largest absolute Gasteiger partial charge is 0.393 e. The van der Waals surface area contributed by atoms with Crippen molar-refractivity contribution in [2.45, 2.75) is 25.4 Å². The minimum absolute atomic E-state index is 0.0445. The summed E-state index contributed by atoms with van der Waals surface area (Å²) in [4.78, 5) is 22.5. The van der Waals surface area contributed by atoms with Gasteiger partial charge < -0.3 is 15.3 Å². The van der Waals surface area contributed by atoms with Gasteiger partial charge in [-0.3, -0.25) is 9.78 Å². The molecule has 0 radical (unpaired) electrons. The summed E-state index contributed by atoms with van der Waals surface area (Å²) in [5.74, 6) is 0.765. The average Bonchev–Trinajstić information content (AvgIpc) is 3.00. The van der Waals surface area contributed by atoms with Gasteiger partial charge in [0.15, 0.2) is 0 Å². The Bertz CT molecular complexity index is 692. The number of rotatable bonds is 5. The number of aliphatic hydroxyl groups is 1. The van der Waals surface area contributed by atoms with Crippen molar-refractivity contribution in [1.29, 1.82) is 0 Å². The van der Waals surface area contributed by atoms with Crippen LogP contribution in [0.15, 0.2) is 42.9 Å². The molecule has 6 nitrogen and oxygen atoms in total. The zero-order chi connectivity index (χ0) is 16.9.